The predicted octanol–water partition coefficient (Wildman–Crippen LogP) is 3.33. The maximum absolute atomic E-state index is 12.5. The third-order valence-corrected chi connectivity index (χ3v) is 5.40. The van der Waals surface area contributed by atoms with Crippen LogP contribution < -0.4 is 4.74 Å². The van der Waals surface area contributed by atoms with Gasteiger partial charge < -0.3 is 23.5 Å². The topological polar surface area (TPSA) is 61.1 Å². The molecule has 0 bridgehead atoms. The second-order valence-corrected chi connectivity index (χ2v) is 7.03. The zero-order valence-corrected chi connectivity index (χ0v) is 15.0. The van der Waals surface area contributed by atoms with E-state index in [9.17, 15) is 4.79 Å². The summed E-state index contributed by atoms with van der Waals surface area (Å²) in [4.78, 5) is 14.3. The summed E-state index contributed by atoms with van der Waals surface area (Å²) in [5, 5.41) is 2.04. The highest BCUT2D eigenvalue weighted by Crippen LogP contribution is 2.32. The number of furan rings is 1. The lowest BCUT2D eigenvalue weighted by molar-refractivity contribution is -0.187. The lowest BCUT2D eigenvalue weighted by atomic mass is 10.0. The van der Waals surface area contributed by atoms with Gasteiger partial charge >= 0.3 is 0 Å². The first-order chi connectivity index (χ1) is 13.2. The molecule has 0 unspecified atom stereocenters. The molecular weight excluding hydrogens is 346 g/mol. The van der Waals surface area contributed by atoms with Gasteiger partial charge in [-0.3, -0.25) is 4.79 Å². The molecule has 1 spiro atoms. The Balaban J connectivity index is 1.24. The second kappa shape index (κ2) is 6.55. The van der Waals surface area contributed by atoms with Gasteiger partial charge in [-0.15, -0.1) is 0 Å². The maximum Gasteiger partial charge on any atom is 0.260 e. The van der Waals surface area contributed by atoms with E-state index in [1.807, 2.05) is 47.4 Å². The molecule has 2 aliphatic rings. The van der Waals surface area contributed by atoms with E-state index in [4.69, 9.17) is 18.6 Å². The average molecular weight is 367 g/mol. The highest BCUT2D eigenvalue weighted by Gasteiger charge is 2.40. The van der Waals surface area contributed by atoms with Gasteiger partial charge in [0.25, 0.3) is 5.91 Å². The van der Waals surface area contributed by atoms with Crippen molar-refractivity contribution in [1.82, 2.24) is 4.90 Å². The Morgan fingerprint density at radius 3 is 2.56 bits per heavy atom. The number of likely N-dealkylation sites (tertiary alicyclic amines) is 1. The number of hydrogen-bond acceptors (Lipinski definition) is 5. The first-order valence-corrected chi connectivity index (χ1v) is 9.32. The van der Waals surface area contributed by atoms with Crippen LogP contribution in [0.3, 0.4) is 0 Å². The Bertz CT molecular complexity index is 979. The fourth-order valence-electron chi connectivity index (χ4n) is 3.91. The van der Waals surface area contributed by atoms with Crippen molar-refractivity contribution in [2.24, 2.45) is 0 Å². The van der Waals surface area contributed by atoms with Crippen LogP contribution in [0.25, 0.3) is 21.9 Å². The van der Waals surface area contributed by atoms with Crippen molar-refractivity contribution in [2.45, 2.75) is 18.6 Å². The van der Waals surface area contributed by atoms with Crippen molar-refractivity contribution in [3.05, 3.63) is 42.5 Å². The molecule has 0 atom stereocenters. The van der Waals surface area contributed by atoms with Crippen molar-refractivity contribution in [3.63, 3.8) is 0 Å². The number of fused-ring (bicyclic) bond motifs is 3. The minimum Gasteiger partial charge on any atom is -0.484 e. The summed E-state index contributed by atoms with van der Waals surface area (Å²) in [7, 11) is 0. The van der Waals surface area contributed by atoms with E-state index < -0.39 is 5.79 Å². The van der Waals surface area contributed by atoms with Crippen LogP contribution in [0.1, 0.15) is 12.8 Å². The summed E-state index contributed by atoms with van der Waals surface area (Å²) in [5.74, 6) is 0.184. The number of rotatable bonds is 3. The summed E-state index contributed by atoms with van der Waals surface area (Å²) < 4.78 is 23.0. The monoisotopic (exact) mass is 367 g/mol. The summed E-state index contributed by atoms with van der Waals surface area (Å²) in [6, 6.07) is 13.5. The third-order valence-electron chi connectivity index (χ3n) is 5.40. The predicted molar refractivity (Wildman–Crippen MR) is 99.7 cm³/mol. The molecule has 2 fully saturated rings. The molecule has 2 saturated heterocycles. The first kappa shape index (κ1) is 16.6. The molecule has 0 radical (unpaired) electrons. The Morgan fingerprint density at radius 1 is 1.00 bits per heavy atom. The van der Waals surface area contributed by atoms with E-state index in [2.05, 4.69) is 0 Å². The molecule has 2 aromatic carbocycles. The van der Waals surface area contributed by atoms with Gasteiger partial charge in [0.15, 0.2) is 12.4 Å². The van der Waals surface area contributed by atoms with Gasteiger partial charge in [0.2, 0.25) is 0 Å². The molecule has 1 amide bonds. The molecule has 5 rings (SSSR count). The number of nitrogens with zero attached hydrogens (tertiary/aromatic N) is 1. The Kier molecular flexibility index (Phi) is 4.02. The lowest BCUT2D eigenvalue weighted by Crippen LogP contribution is -2.48. The first-order valence-electron chi connectivity index (χ1n) is 9.32. The third kappa shape index (κ3) is 3.05. The smallest absolute Gasteiger partial charge is 0.260 e. The number of hydrogen-bond donors (Lipinski definition) is 0. The van der Waals surface area contributed by atoms with Crippen LogP contribution in [-0.2, 0) is 14.3 Å². The summed E-state index contributed by atoms with van der Waals surface area (Å²) in [5.41, 5.74) is 1.66. The average Bonchev–Trinajstić information content (AvgIpc) is 3.31. The number of carbonyl (C=O) groups is 1. The minimum atomic E-state index is -0.467. The zero-order chi connectivity index (χ0) is 18.3. The fraction of sp³-hybridized carbons (Fsp3) is 0.381. The van der Waals surface area contributed by atoms with Crippen LogP contribution in [0.4, 0.5) is 0 Å². The number of benzene rings is 2. The van der Waals surface area contributed by atoms with Crippen molar-refractivity contribution < 1.29 is 23.4 Å². The molecule has 2 aliphatic heterocycles. The SMILES string of the molecule is O=C(COc1ccc2oc3ccccc3c2c1)N1CCC2(CC1)OCCO2. The van der Waals surface area contributed by atoms with Crippen molar-refractivity contribution in [3.8, 4) is 5.75 Å². The van der Waals surface area contributed by atoms with E-state index in [-0.39, 0.29) is 12.5 Å². The molecular formula is C21H21NO5. The number of carbonyl (C=O) groups excluding carboxylic acids is 1. The van der Waals surface area contributed by atoms with Crippen LogP contribution >= 0.6 is 0 Å². The van der Waals surface area contributed by atoms with Gasteiger partial charge in [-0.05, 0) is 24.3 Å². The molecule has 27 heavy (non-hydrogen) atoms. The van der Waals surface area contributed by atoms with E-state index in [0.717, 1.165) is 21.9 Å². The van der Waals surface area contributed by atoms with Gasteiger partial charge in [-0.1, -0.05) is 18.2 Å². The Morgan fingerprint density at radius 2 is 1.74 bits per heavy atom. The van der Waals surface area contributed by atoms with Crippen LogP contribution in [-0.4, -0.2) is 49.5 Å². The van der Waals surface area contributed by atoms with Crippen molar-refractivity contribution >= 4 is 27.8 Å². The number of amides is 1. The minimum absolute atomic E-state index is 0.0139. The van der Waals surface area contributed by atoms with E-state index >= 15 is 0 Å². The second-order valence-electron chi connectivity index (χ2n) is 7.03. The van der Waals surface area contributed by atoms with Gasteiger partial charge in [0.05, 0.1) is 13.2 Å². The molecule has 0 N–H and O–H groups in total. The molecule has 3 aromatic rings. The summed E-state index contributed by atoms with van der Waals surface area (Å²) in [6.45, 7) is 2.57. The normalized spacial score (nSPS) is 19.2. The van der Waals surface area contributed by atoms with Crippen LogP contribution in [0, 0.1) is 0 Å². The van der Waals surface area contributed by atoms with E-state index in [1.54, 1.807) is 0 Å². The quantitative estimate of drug-likeness (QED) is 0.711. The van der Waals surface area contributed by atoms with Crippen LogP contribution in [0.5, 0.6) is 5.75 Å². The number of piperidine rings is 1. The van der Waals surface area contributed by atoms with Crippen molar-refractivity contribution in [1.29, 1.82) is 0 Å². The van der Waals surface area contributed by atoms with Gasteiger partial charge in [-0.25, -0.2) is 0 Å². The molecule has 6 nitrogen and oxygen atoms in total. The summed E-state index contributed by atoms with van der Waals surface area (Å²) >= 11 is 0. The molecule has 0 aliphatic carbocycles. The van der Waals surface area contributed by atoms with Crippen LogP contribution in [0.15, 0.2) is 46.9 Å². The fourth-order valence-corrected chi connectivity index (χ4v) is 3.91. The zero-order valence-electron chi connectivity index (χ0n) is 15.0. The lowest BCUT2D eigenvalue weighted by Gasteiger charge is -2.37. The van der Waals surface area contributed by atoms with Gasteiger partial charge in [0, 0.05) is 36.7 Å². The molecule has 140 valence electrons. The van der Waals surface area contributed by atoms with Crippen molar-refractivity contribution in [2.75, 3.05) is 32.9 Å². The molecule has 6 heteroatoms. The largest absolute Gasteiger partial charge is 0.484 e. The molecule has 3 heterocycles. The Labute approximate surface area is 156 Å². The molecule has 0 saturated carbocycles. The number of ether oxygens (including phenoxy) is 3. The maximum atomic E-state index is 12.5. The van der Waals surface area contributed by atoms with E-state index in [0.29, 0.717) is 44.9 Å². The standard InChI is InChI=1S/C21H21NO5/c23-20(22-9-7-21(8-10-22)25-11-12-26-21)14-24-15-5-6-19-17(13-15)16-3-1-2-4-18(16)27-19/h1-6,13H,7-12,14H2. The highest BCUT2D eigenvalue weighted by molar-refractivity contribution is 6.05. The number of para-hydroxylation sites is 1. The highest BCUT2D eigenvalue weighted by atomic mass is 16.7. The molecule has 1 aromatic heterocycles. The van der Waals surface area contributed by atoms with Crippen LogP contribution in [0.2, 0.25) is 0 Å². The van der Waals surface area contributed by atoms with Gasteiger partial charge in [0.1, 0.15) is 16.9 Å². The summed E-state index contributed by atoms with van der Waals surface area (Å²) in [6.07, 6.45) is 1.43. The van der Waals surface area contributed by atoms with E-state index in [1.165, 1.54) is 0 Å². The van der Waals surface area contributed by atoms with Gasteiger partial charge in [-0.2, -0.15) is 0 Å². The Hall–Kier alpha value is -2.57.